The fourth-order valence-electron chi connectivity index (χ4n) is 2.53. The molecule has 0 saturated heterocycles. The van der Waals surface area contributed by atoms with E-state index in [1.807, 2.05) is 0 Å². The zero-order chi connectivity index (χ0) is 20.8. The number of benzene rings is 1. The number of hydrogen-bond acceptors (Lipinski definition) is 5. The molecule has 0 fully saturated rings. The zero-order valence-electron chi connectivity index (χ0n) is 15.7. The van der Waals surface area contributed by atoms with Crippen LogP contribution in [0, 0.1) is 11.8 Å². The van der Waals surface area contributed by atoms with Gasteiger partial charge in [0.15, 0.2) is 5.78 Å². The first-order valence-corrected chi connectivity index (χ1v) is 8.77. The van der Waals surface area contributed by atoms with Gasteiger partial charge >= 0.3 is 5.92 Å². The molecular formula is C19H27F2N3O3. The predicted molar refractivity (Wildman–Crippen MR) is 97.8 cm³/mol. The molecule has 0 aromatic heterocycles. The topological polar surface area (TPSA) is 115 Å². The SMILES string of the molecule is CC(C)CC(N)C(=O)C(F)(F)C(N)C(=O)C(C)C(=O)NCc1ccccc1. The van der Waals surface area contributed by atoms with Gasteiger partial charge in [0.05, 0.1) is 12.0 Å². The van der Waals surface area contributed by atoms with Gasteiger partial charge in [0.1, 0.15) is 6.04 Å². The second-order valence-electron chi connectivity index (χ2n) is 7.03. The van der Waals surface area contributed by atoms with Crippen LogP contribution in [0.2, 0.25) is 0 Å². The van der Waals surface area contributed by atoms with Crippen molar-refractivity contribution in [1.29, 1.82) is 0 Å². The van der Waals surface area contributed by atoms with Gasteiger partial charge in [-0.1, -0.05) is 44.2 Å². The monoisotopic (exact) mass is 383 g/mol. The summed E-state index contributed by atoms with van der Waals surface area (Å²) in [7, 11) is 0. The summed E-state index contributed by atoms with van der Waals surface area (Å²) in [6, 6.07) is 5.03. The van der Waals surface area contributed by atoms with E-state index in [1.54, 1.807) is 44.2 Å². The van der Waals surface area contributed by atoms with E-state index in [0.29, 0.717) is 0 Å². The summed E-state index contributed by atoms with van der Waals surface area (Å²) in [5, 5.41) is 2.49. The second-order valence-corrected chi connectivity index (χ2v) is 7.03. The minimum absolute atomic E-state index is 0.0441. The highest BCUT2D eigenvalue weighted by molar-refractivity contribution is 6.06. The van der Waals surface area contributed by atoms with Gasteiger partial charge in [-0.2, -0.15) is 8.78 Å². The molecule has 3 atom stereocenters. The molecule has 27 heavy (non-hydrogen) atoms. The van der Waals surface area contributed by atoms with Gasteiger partial charge in [0.2, 0.25) is 11.7 Å². The molecule has 0 saturated carbocycles. The molecule has 1 amide bonds. The summed E-state index contributed by atoms with van der Waals surface area (Å²) in [5.74, 6) is -9.18. The minimum atomic E-state index is -4.14. The molecule has 1 aromatic carbocycles. The van der Waals surface area contributed by atoms with Gasteiger partial charge < -0.3 is 16.8 Å². The van der Waals surface area contributed by atoms with Gasteiger partial charge in [-0.25, -0.2) is 0 Å². The van der Waals surface area contributed by atoms with Crippen molar-refractivity contribution in [2.45, 2.75) is 51.7 Å². The molecule has 5 N–H and O–H groups in total. The van der Waals surface area contributed by atoms with Crippen molar-refractivity contribution < 1.29 is 23.2 Å². The maximum Gasteiger partial charge on any atom is 0.328 e. The number of halogens is 2. The molecule has 1 aromatic rings. The van der Waals surface area contributed by atoms with Gasteiger partial charge in [-0.05, 0) is 24.8 Å². The van der Waals surface area contributed by atoms with E-state index in [1.165, 1.54) is 6.92 Å². The van der Waals surface area contributed by atoms with Crippen molar-refractivity contribution >= 4 is 17.5 Å². The molecule has 0 radical (unpaired) electrons. The van der Waals surface area contributed by atoms with Crippen LogP contribution in [-0.2, 0) is 20.9 Å². The highest BCUT2D eigenvalue weighted by atomic mass is 19.3. The summed E-state index contributed by atoms with van der Waals surface area (Å²) in [4.78, 5) is 36.3. The number of hydrogen-bond donors (Lipinski definition) is 3. The van der Waals surface area contributed by atoms with Gasteiger partial charge in [0.25, 0.3) is 0 Å². The Morgan fingerprint density at radius 2 is 1.63 bits per heavy atom. The zero-order valence-corrected chi connectivity index (χ0v) is 15.7. The standard InChI is InChI=1S/C19H27F2N3O3/c1-11(2)9-14(22)17(26)19(20,21)16(23)15(25)12(3)18(27)24-10-13-7-5-4-6-8-13/h4-8,11-12,14,16H,9-10,22-23H2,1-3H3,(H,24,27). The van der Waals surface area contributed by atoms with E-state index in [-0.39, 0.29) is 18.9 Å². The Bertz CT molecular complexity index is 665. The quantitative estimate of drug-likeness (QED) is 0.529. The van der Waals surface area contributed by atoms with Crippen LogP contribution < -0.4 is 16.8 Å². The van der Waals surface area contributed by atoms with Gasteiger partial charge in [0, 0.05) is 6.54 Å². The van der Waals surface area contributed by atoms with Gasteiger partial charge in [-0.3, -0.25) is 14.4 Å². The number of nitrogens with one attached hydrogen (secondary N) is 1. The van der Waals surface area contributed by atoms with E-state index in [2.05, 4.69) is 5.32 Å². The third-order valence-corrected chi connectivity index (χ3v) is 4.22. The first kappa shape index (κ1) is 22.9. The Balaban J connectivity index is 2.74. The molecule has 150 valence electrons. The Kier molecular flexibility index (Phi) is 8.18. The number of alkyl halides is 2. The van der Waals surface area contributed by atoms with Crippen LogP contribution in [0.4, 0.5) is 8.78 Å². The van der Waals surface area contributed by atoms with E-state index >= 15 is 0 Å². The van der Waals surface area contributed by atoms with E-state index < -0.39 is 41.4 Å². The number of amides is 1. The van der Waals surface area contributed by atoms with Crippen LogP contribution in [0.15, 0.2) is 30.3 Å². The normalized spacial score (nSPS) is 15.1. The molecule has 0 aliphatic carbocycles. The highest BCUT2D eigenvalue weighted by Gasteiger charge is 2.51. The van der Waals surface area contributed by atoms with Crippen molar-refractivity contribution in [2.75, 3.05) is 0 Å². The minimum Gasteiger partial charge on any atom is -0.351 e. The van der Waals surface area contributed by atoms with Crippen LogP contribution in [0.3, 0.4) is 0 Å². The van der Waals surface area contributed by atoms with E-state index in [0.717, 1.165) is 5.56 Å². The van der Waals surface area contributed by atoms with Crippen molar-refractivity contribution in [1.82, 2.24) is 5.32 Å². The van der Waals surface area contributed by atoms with Crippen LogP contribution in [0.25, 0.3) is 0 Å². The third-order valence-electron chi connectivity index (χ3n) is 4.22. The van der Waals surface area contributed by atoms with Crippen LogP contribution in [0.1, 0.15) is 32.8 Å². The maximum absolute atomic E-state index is 14.3. The number of ketones is 2. The van der Waals surface area contributed by atoms with E-state index in [9.17, 15) is 23.2 Å². The van der Waals surface area contributed by atoms with E-state index in [4.69, 9.17) is 11.5 Å². The predicted octanol–water partition coefficient (Wildman–Crippen LogP) is 1.41. The lowest BCUT2D eigenvalue weighted by Crippen LogP contribution is -2.58. The average Bonchev–Trinajstić information content (AvgIpc) is 2.63. The Hall–Kier alpha value is -2.19. The summed E-state index contributed by atoms with van der Waals surface area (Å²) in [5.41, 5.74) is 11.7. The summed E-state index contributed by atoms with van der Waals surface area (Å²) < 4.78 is 28.7. The number of Topliss-reactive ketones (excluding diaryl/α,β-unsaturated/α-hetero) is 2. The Morgan fingerprint density at radius 1 is 1.07 bits per heavy atom. The second kappa shape index (κ2) is 9.66. The molecule has 0 aliphatic rings. The van der Waals surface area contributed by atoms with Gasteiger partial charge in [-0.15, -0.1) is 0 Å². The fraction of sp³-hybridized carbons (Fsp3) is 0.526. The third kappa shape index (κ3) is 6.18. The lowest BCUT2D eigenvalue weighted by atomic mass is 9.89. The average molecular weight is 383 g/mol. The number of rotatable bonds is 10. The molecule has 0 spiro atoms. The smallest absolute Gasteiger partial charge is 0.328 e. The summed E-state index contributed by atoms with van der Waals surface area (Å²) in [6.45, 7) is 4.78. The van der Waals surface area contributed by atoms with Crippen molar-refractivity contribution in [3.63, 3.8) is 0 Å². The van der Waals surface area contributed by atoms with Crippen molar-refractivity contribution in [3.8, 4) is 0 Å². The lowest BCUT2D eigenvalue weighted by molar-refractivity contribution is -0.155. The molecular weight excluding hydrogens is 356 g/mol. The Morgan fingerprint density at radius 3 is 2.15 bits per heavy atom. The molecule has 0 heterocycles. The van der Waals surface area contributed by atoms with Crippen LogP contribution >= 0.6 is 0 Å². The molecule has 1 rings (SSSR count). The van der Waals surface area contributed by atoms with Crippen LogP contribution in [0.5, 0.6) is 0 Å². The molecule has 0 aliphatic heterocycles. The highest BCUT2D eigenvalue weighted by Crippen LogP contribution is 2.24. The first-order chi connectivity index (χ1) is 12.5. The molecule has 3 unspecified atom stereocenters. The maximum atomic E-state index is 14.3. The molecule has 6 nitrogen and oxygen atoms in total. The molecule has 0 bridgehead atoms. The fourth-order valence-corrected chi connectivity index (χ4v) is 2.53. The van der Waals surface area contributed by atoms with Crippen LogP contribution in [-0.4, -0.2) is 35.5 Å². The number of nitrogens with two attached hydrogens (primary N) is 2. The lowest BCUT2D eigenvalue weighted by Gasteiger charge is -2.26. The van der Waals surface area contributed by atoms with Crippen molar-refractivity contribution in [3.05, 3.63) is 35.9 Å². The molecule has 8 heteroatoms. The Labute approximate surface area is 157 Å². The summed E-state index contributed by atoms with van der Waals surface area (Å²) in [6.07, 6.45) is 0.0441. The largest absolute Gasteiger partial charge is 0.351 e. The number of carbonyl (C=O) groups excluding carboxylic acids is 3. The first-order valence-electron chi connectivity index (χ1n) is 8.77. The summed E-state index contributed by atoms with van der Waals surface area (Å²) >= 11 is 0. The van der Waals surface area contributed by atoms with Crippen molar-refractivity contribution in [2.24, 2.45) is 23.3 Å². The number of carbonyl (C=O) groups is 3.